The predicted octanol–water partition coefficient (Wildman–Crippen LogP) is 2.87. The van der Waals surface area contributed by atoms with Gasteiger partial charge in [0.15, 0.2) is 11.5 Å². The van der Waals surface area contributed by atoms with Gasteiger partial charge in [0.1, 0.15) is 5.82 Å². The average Bonchev–Trinajstić information content (AvgIpc) is 3.22. The zero-order valence-electron chi connectivity index (χ0n) is 16.0. The first-order valence-corrected chi connectivity index (χ1v) is 9.45. The molecule has 0 aliphatic rings. The van der Waals surface area contributed by atoms with Gasteiger partial charge in [-0.25, -0.2) is 14.4 Å². The molecule has 0 bridgehead atoms. The van der Waals surface area contributed by atoms with E-state index in [0.717, 1.165) is 16.8 Å². The van der Waals surface area contributed by atoms with Gasteiger partial charge in [0, 0.05) is 36.6 Å². The van der Waals surface area contributed by atoms with Gasteiger partial charge in [-0.15, -0.1) is 0 Å². The molecule has 3 N–H and O–H groups in total. The second-order valence-electron chi connectivity index (χ2n) is 6.65. The van der Waals surface area contributed by atoms with Crippen molar-refractivity contribution in [3.8, 4) is 11.3 Å². The lowest BCUT2D eigenvalue weighted by Gasteiger charge is -2.09. The zero-order valence-corrected chi connectivity index (χ0v) is 16.0. The third kappa shape index (κ3) is 4.13. The molecule has 4 rings (SSSR count). The first-order chi connectivity index (χ1) is 14.7. The normalized spacial score (nSPS) is 10.9. The summed E-state index contributed by atoms with van der Waals surface area (Å²) >= 11 is 0. The molecule has 8 heteroatoms. The van der Waals surface area contributed by atoms with Gasteiger partial charge in [-0.3, -0.25) is 9.20 Å². The highest BCUT2D eigenvalue weighted by Gasteiger charge is 2.12. The van der Waals surface area contributed by atoms with E-state index in [2.05, 4.69) is 20.6 Å². The number of aromatic nitrogens is 3. The Morgan fingerprint density at radius 3 is 2.77 bits per heavy atom. The van der Waals surface area contributed by atoms with Crippen LogP contribution in [0.2, 0.25) is 0 Å². The Kier molecular flexibility index (Phi) is 5.67. The number of amides is 1. The highest BCUT2D eigenvalue weighted by atomic mass is 19.1. The van der Waals surface area contributed by atoms with Gasteiger partial charge in [-0.2, -0.15) is 0 Å². The predicted molar refractivity (Wildman–Crippen MR) is 112 cm³/mol. The summed E-state index contributed by atoms with van der Waals surface area (Å²) in [6, 6.07) is 13.5. The number of halogens is 1. The average molecular weight is 405 g/mol. The van der Waals surface area contributed by atoms with E-state index in [1.54, 1.807) is 48.9 Å². The van der Waals surface area contributed by atoms with Crippen LogP contribution in [0.25, 0.3) is 16.9 Å². The molecule has 0 saturated heterocycles. The number of hydrogen-bond donors (Lipinski definition) is 3. The second kappa shape index (κ2) is 8.71. The Labute approximate surface area is 172 Å². The van der Waals surface area contributed by atoms with E-state index in [9.17, 15) is 9.18 Å². The smallest absolute Gasteiger partial charge is 0.251 e. The lowest BCUT2D eigenvalue weighted by Crippen LogP contribution is -2.26. The Morgan fingerprint density at radius 2 is 1.97 bits per heavy atom. The summed E-state index contributed by atoms with van der Waals surface area (Å²) in [7, 11) is 0. The van der Waals surface area contributed by atoms with Crippen LogP contribution in [0.15, 0.2) is 67.1 Å². The van der Waals surface area contributed by atoms with Crippen molar-refractivity contribution in [1.29, 1.82) is 0 Å². The number of imidazole rings is 1. The quantitative estimate of drug-likeness (QED) is 0.440. The summed E-state index contributed by atoms with van der Waals surface area (Å²) in [5.41, 5.74) is 3.71. The fourth-order valence-electron chi connectivity index (χ4n) is 3.14. The molecule has 0 unspecified atom stereocenters. The molecule has 0 fully saturated rings. The summed E-state index contributed by atoms with van der Waals surface area (Å²) in [5.74, 6) is 0.0807. The third-order valence-electron chi connectivity index (χ3n) is 4.62. The maximum absolute atomic E-state index is 13.1. The molecule has 0 radical (unpaired) electrons. The summed E-state index contributed by atoms with van der Waals surface area (Å²) < 4.78 is 15.0. The largest absolute Gasteiger partial charge is 0.395 e. The number of nitrogens with zero attached hydrogens (tertiary/aromatic N) is 3. The summed E-state index contributed by atoms with van der Waals surface area (Å²) in [6.07, 6.45) is 5.20. The molecular weight excluding hydrogens is 385 g/mol. The number of aliphatic hydroxyl groups is 1. The van der Waals surface area contributed by atoms with Gasteiger partial charge in [0.25, 0.3) is 5.91 Å². The van der Waals surface area contributed by atoms with E-state index in [-0.39, 0.29) is 24.9 Å². The molecule has 0 saturated carbocycles. The minimum Gasteiger partial charge on any atom is -0.395 e. The second-order valence-corrected chi connectivity index (χ2v) is 6.65. The molecule has 0 atom stereocenters. The SMILES string of the molecule is O=C(NCCO)c1cccc(-c2cnc3c(NCc4ccc(F)cc4)nccn23)c1. The van der Waals surface area contributed by atoms with Crippen molar-refractivity contribution in [2.75, 3.05) is 18.5 Å². The molecule has 0 aliphatic carbocycles. The van der Waals surface area contributed by atoms with Gasteiger partial charge in [-0.1, -0.05) is 24.3 Å². The number of benzene rings is 2. The van der Waals surface area contributed by atoms with E-state index in [4.69, 9.17) is 5.11 Å². The van der Waals surface area contributed by atoms with Gasteiger partial charge < -0.3 is 15.7 Å². The topological polar surface area (TPSA) is 91.5 Å². The van der Waals surface area contributed by atoms with Crippen LogP contribution in [0.4, 0.5) is 10.2 Å². The first-order valence-electron chi connectivity index (χ1n) is 9.45. The summed E-state index contributed by atoms with van der Waals surface area (Å²) in [4.78, 5) is 21.1. The molecule has 0 aliphatic heterocycles. The number of hydrogen-bond acceptors (Lipinski definition) is 5. The number of aliphatic hydroxyl groups excluding tert-OH is 1. The molecule has 152 valence electrons. The number of carbonyl (C=O) groups is 1. The van der Waals surface area contributed by atoms with Crippen molar-refractivity contribution in [1.82, 2.24) is 19.7 Å². The Hall–Kier alpha value is -3.78. The third-order valence-corrected chi connectivity index (χ3v) is 4.62. The molecule has 4 aromatic rings. The summed E-state index contributed by atoms with van der Waals surface area (Å²) in [6.45, 7) is 0.572. The van der Waals surface area contributed by atoms with Crippen molar-refractivity contribution < 1.29 is 14.3 Å². The molecule has 30 heavy (non-hydrogen) atoms. The Balaban J connectivity index is 1.60. The zero-order chi connectivity index (χ0) is 20.9. The van der Waals surface area contributed by atoms with Crippen molar-refractivity contribution in [3.63, 3.8) is 0 Å². The van der Waals surface area contributed by atoms with Crippen molar-refractivity contribution in [3.05, 3.63) is 84.1 Å². The molecule has 1 amide bonds. The lowest BCUT2D eigenvalue weighted by atomic mass is 10.1. The van der Waals surface area contributed by atoms with Gasteiger partial charge >= 0.3 is 0 Å². The number of anilines is 1. The van der Waals surface area contributed by atoms with E-state index in [0.29, 0.717) is 23.6 Å². The van der Waals surface area contributed by atoms with E-state index >= 15 is 0 Å². The first kappa shape index (κ1) is 19.5. The van der Waals surface area contributed by atoms with Crippen LogP contribution in [0.3, 0.4) is 0 Å². The van der Waals surface area contributed by atoms with Crippen molar-refractivity contribution in [2.24, 2.45) is 0 Å². The molecule has 2 aromatic heterocycles. The number of rotatable bonds is 7. The minimum absolute atomic E-state index is 0.112. The van der Waals surface area contributed by atoms with Crippen LogP contribution < -0.4 is 10.6 Å². The van der Waals surface area contributed by atoms with E-state index in [1.165, 1.54) is 12.1 Å². The number of fused-ring (bicyclic) bond motifs is 1. The summed E-state index contributed by atoms with van der Waals surface area (Å²) in [5, 5.41) is 14.8. The van der Waals surface area contributed by atoms with Gasteiger partial charge in [0.05, 0.1) is 18.5 Å². The van der Waals surface area contributed by atoms with Crippen molar-refractivity contribution in [2.45, 2.75) is 6.54 Å². The molecule has 0 spiro atoms. The fraction of sp³-hybridized carbons (Fsp3) is 0.136. The van der Waals surface area contributed by atoms with Gasteiger partial charge in [-0.05, 0) is 29.8 Å². The van der Waals surface area contributed by atoms with E-state index < -0.39 is 0 Å². The molecule has 7 nitrogen and oxygen atoms in total. The highest BCUT2D eigenvalue weighted by molar-refractivity contribution is 5.95. The monoisotopic (exact) mass is 405 g/mol. The van der Waals surface area contributed by atoms with Crippen LogP contribution in [0.5, 0.6) is 0 Å². The van der Waals surface area contributed by atoms with Crippen LogP contribution in [-0.2, 0) is 6.54 Å². The Morgan fingerprint density at radius 1 is 1.13 bits per heavy atom. The fourth-order valence-corrected chi connectivity index (χ4v) is 3.14. The highest BCUT2D eigenvalue weighted by Crippen LogP contribution is 2.24. The van der Waals surface area contributed by atoms with E-state index in [1.807, 2.05) is 10.5 Å². The standard InChI is InChI=1S/C22H20FN5O2/c23-18-6-4-15(5-7-18)13-26-20-21-27-14-19(28(21)10-8-24-20)16-2-1-3-17(12-16)22(30)25-9-11-29/h1-8,10,12,14,29H,9,11,13H2,(H,24,26)(H,25,30). The maximum Gasteiger partial charge on any atom is 0.251 e. The van der Waals surface area contributed by atoms with Gasteiger partial charge in [0.2, 0.25) is 0 Å². The van der Waals surface area contributed by atoms with Crippen LogP contribution in [0, 0.1) is 5.82 Å². The molecule has 2 aromatic carbocycles. The van der Waals surface area contributed by atoms with Crippen LogP contribution in [-0.4, -0.2) is 38.5 Å². The molecular formula is C22H20FN5O2. The van der Waals surface area contributed by atoms with Crippen molar-refractivity contribution >= 4 is 17.4 Å². The minimum atomic E-state index is -0.274. The maximum atomic E-state index is 13.1. The number of carbonyl (C=O) groups excluding carboxylic acids is 1. The lowest BCUT2D eigenvalue weighted by molar-refractivity contribution is 0.0945. The van der Waals surface area contributed by atoms with Crippen LogP contribution in [0.1, 0.15) is 15.9 Å². The molecule has 2 heterocycles. The number of nitrogens with one attached hydrogen (secondary N) is 2. The Bertz CT molecular complexity index is 1170. The van der Waals surface area contributed by atoms with Crippen LogP contribution >= 0.6 is 0 Å².